The second kappa shape index (κ2) is 4.94. The fraction of sp³-hybridized carbons (Fsp3) is 0.0667. The summed E-state index contributed by atoms with van der Waals surface area (Å²) in [6.07, 6.45) is 1.73. The maximum absolute atomic E-state index is 5.32. The molecule has 0 saturated heterocycles. The highest BCUT2D eigenvalue weighted by Crippen LogP contribution is 2.25. The fourth-order valence-corrected chi connectivity index (χ4v) is 1.80. The molecule has 0 amide bonds. The molecule has 0 spiro atoms. The van der Waals surface area contributed by atoms with Gasteiger partial charge in [-0.15, -0.1) is 0 Å². The van der Waals surface area contributed by atoms with Crippen molar-refractivity contribution in [2.45, 2.75) is 0 Å². The van der Waals surface area contributed by atoms with Gasteiger partial charge in [0.15, 0.2) is 5.76 Å². The first-order chi connectivity index (χ1) is 9.36. The van der Waals surface area contributed by atoms with E-state index < -0.39 is 0 Å². The second-order valence-electron chi connectivity index (χ2n) is 4.02. The Morgan fingerprint density at radius 3 is 2.53 bits per heavy atom. The molecule has 0 aliphatic heterocycles. The van der Waals surface area contributed by atoms with Gasteiger partial charge in [0.25, 0.3) is 0 Å². The van der Waals surface area contributed by atoms with Gasteiger partial charge in [0, 0.05) is 17.8 Å². The van der Waals surface area contributed by atoms with Crippen molar-refractivity contribution in [2.24, 2.45) is 0 Å². The van der Waals surface area contributed by atoms with Crippen molar-refractivity contribution in [1.29, 1.82) is 0 Å². The van der Waals surface area contributed by atoms with E-state index in [1.807, 2.05) is 48.5 Å². The topological polar surface area (TPSA) is 48.2 Å². The van der Waals surface area contributed by atoms with E-state index in [9.17, 15) is 0 Å². The number of methoxy groups -OCH3 is 1. The third-order valence-corrected chi connectivity index (χ3v) is 2.81. The highest BCUT2D eigenvalue weighted by atomic mass is 16.5. The molecule has 1 aromatic carbocycles. The molecule has 3 aromatic rings. The van der Waals surface area contributed by atoms with Crippen LogP contribution in [0, 0.1) is 0 Å². The zero-order valence-electron chi connectivity index (χ0n) is 10.4. The minimum atomic E-state index is 0.659. The van der Waals surface area contributed by atoms with Gasteiger partial charge in [0.1, 0.15) is 17.1 Å². The van der Waals surface area contributed by atoms with Gasteiger partial charge < -0.3 is 9.26 Å². The molecule has 94 valence electrons. The summed E-state index contributed by atoms with van der Waals surface area (Å²) < 4.78 is 10.4. The Balaban J connectivity index is 1.92. The number of benzene rings is 1. The van der Waals surface area contributed by atoms with Crippen molar-refractivity contribution in [3.8, 4) is 28.5 Å². The van der Waals surface area contributed by atoms with Gasteiger partial charge in [-0.05, 0) is 36.4 Å². The first-order valence-electron chi connectivity index (χ1n) is 5.89. The zero-order valence-corrected chi connectivity index (χ0v) is 10.4. The lowest BCUT2D eigenvalue weighted by molar-refractivity contribution is 0.415. The highest BCUT2D eigenvalue weighted by molar-refractivity contribution is 5.65. The predicted molar refractivity (Wildman–Crippen MR) is 71.7 cm³/mol. The maximum Gasteiger partial charge on any atom is 0.185 e. The van der Waals surface area contributed by atoms with Crippen LogP contribution in [-0.2, 0) is 0 Å². The lowest BCUT2D eigenvalue weighted by atomic mass is 10.1. The lowest BCUT2D eigenvalue weighted by Crippen LogP contribution is -1.82. The summed E-state index contributed by atoms with van der Waals surface area (Å²) in [6, 6.07) is 15.2. The SMILES string of the molecule is COc1ccc(-c2cc(-c3ccccn3)on2)cc1. The summed E-state index contributed by atoms with van der Waals surface area (Å²) >= 11 is 0. The Morgan fingerprint density at radius 2 is 1.84 bits per heavy atom. The van der Waals surface area contributed by atoms with Gasteiger partial charge in [-0.1, -0.05) is 11.2 Å². The molecule has 0 saturated carbocycles. The first-order valence-corrected chi connectivity index (χ1v) is 5.89. The number of aromatic nitrogens is 2. The lowest BCUT2D eigenvalue weighted by Gasteiger charge is -1.99. The number of hydrogen-bond donors (Lipinski definition) is 0. The van der Waals surface area contributed by atoms with Gasteiger partial charge in [-0.3, -0.25) is 4.98 Å². The Morgan fingerprint density at radius 1 is 1.00 bits per heavy atom. The van der Waals surface area contributed by atoms with Crippen LogP contribution in [0.25, 0.3) is 22.7 Å². The van der Waals surface area contributed by atoms with Crippen LogP contribution in [0.5, 0.6) is 5.75 Å². The Bertz CT molecular complexity index is 660. The molecular weight excluding hydrogens is 240 g/mol. The Labute approximate surface area is 110 Å². The number of pyridine rings is 1. The van der Waals surface area contributed by atoms with Gasteiger partial charge in [-0.25, -0.2) is 0 Å². The fourth-order valence-electron chi connectivity index (χ4n) is 1.80. The molecule has 0 bridgehead atoms. The third-order valence-electron chi connectivity index (χ3n) is 2.81. The van der Waals surface area contributed by atoms with Gasteiger partial charge >= 0.3 is 0 Å². The molecule has 0 N–H and O–H groups in total. The van der Waals surface area contributed by atoms with Crippen LogP contribution in [-0.4, -0.2) is 17.3 Å². The Hall–Kier alpha value is -2.62. The molecule has 4 heteroatoms. The smallest absolute Gasteiger partial charge is 0.185 e. The third kappa shape index (κ3) is 2.33. The number of rotatable bonds is 3. The molecule has 0 radical (unpaired) electrons. The first kappa shape index (κ1) is 11.5. The molecule has 0 fully saturated rings. The van der Waals surface area contributed by atoms with E-state index in [4.69, 9.17) is 9.26 Å². The van der Waals surface area contributed by atoms with Crippen LogP contribution in [0.1, 0.15) is 0 Å². The summed E-state index contributed by atoms with van der Waals surface area (Å²) in [5.41, 5.74) is 2.53. The Kier molecular flexibility index (Phi) is 2.98. The number of nitrogens with zero attached hydrogens (tertiary/aromatic N) is 2. The molecule has 0 unspecified atom stereocenters. The van der Waals surface area contributed by atoms with Gasteiger partial charge in [0.2, 0.25) is 0 Å². The highest BCUT2D eigenvalue weighted by Gasteiger charge is 2.09. The predicted octanol–water partition coefficient (Wildman–Crippen LogP) is 3.41. The molecule has 2 aromatic heterocycles. The van der Waals surface area contributed by atoms with Crippen molar-refractivity contribution in [2.75, 3.05) is 7.11 Å². The van der Waals surface area contributed by atoms with Crippen molar-refractivity contribution < 1.29 is 9.26 Å². The molecule has 0 aliphatic carbocycles. The summed E-state index contributed by atoms with van der Waals surface area (Å²) in [4.78, 5) is 4.23. The normalized spacial score (nSPS) is 10.4. The van der Waals surface area contributed by atoms with Gasteiger partial charge in [-0.2, -0.15) is 0 Å². The standard InChI is InChI=1S/C15H12N2O2/c1-18-12-7-5-11(6-8-12)14-10-15(19-17-14)13-4-2-3-9-16-13/h2-10H,1H3. The molecule has 0 atom stereocenters. The van der Waals surface area contributed by atoms with E-state index in [1.165, 1.54) is 0 Å². The zero-order chi connectivity index (χ0) is 13.1. The number of ether oxygens (including phenoxy) is 1. The molecule has 19 heavy (non-hydrogen) atoms. The molecule has 3 rings (SSSR count). The minimum absolute atomic E-state index is 0.659. The van der Waals surface area contributed by atoms with Crippen LogP contribution in [0.2, 0.25) is 0 Å². The van der Waals surface area contributed by atoms with Gasteiger partial charge in [0.05, 0.1) is 7.11 Å². The second-order valence-corrected chi connectivity index (χ2v) is 4.02. The van der Waals surface area contributed by atoms with Crippen LogP contribution in [0.3, 0.4) is 0 Å². The van der Waals surface area contributed by atoms with Crippen molar-refractivity contribution in [3.05, 3.63) is 54.7 Å². The summed E-state index contributed by atoms with van der Waals surface area (Å²) in [7, 11) is 1.64. The number of hydrogen-bond acceptors (Lipinski definition) is 4. The van der Waals surface area contributed by atoms with E-state index in [0.717, 1.165) is 22.7 Å². The average Bonchev–Trinajstić information content (AvgIpc) is 2.98. The van der Waals surface area contributed by atoms with Crippen molar-refractivity contribution in [1.82, 2.24) is 10.1 Å². The maximum atomic E-state index is 5.32. The molecule has 0 aliphatic rings. The van der Waals surface area contributed by atoms with E-state index in [-0.39, 0.29) is 0 Å². The average molecular weight is 252 g/mol. The summed E-state index contributed by atoms with van der Waals surface area (Å²) in [5.74, 6) is 1.48. The quantitative estimate of drug-likeness (QED) is 0.716. The molecular formula is C15H12N2O2. The minimum Gasteiger partial charge on any atom is -0.497 e. The largest absolute Gasteiger partial charge is 0.497 e. The summed E-state index contributed by atoms with van der Waals surface area (Å²) in [5, 5.41) is 4.06. The molecule has 2 heterocycles. The van der Waals surface area contributed by atoms with E-state index in [0.29, 0.717) is 5.76 Å². The van der Waals surface area contributed by atoms with E-state index >= 15 is 0 Å². The van der Waals surface area contributed by atoms with Crippen molar-refractivity contribution >= 4 is 0 Å². The van der Waals surface area contributed by atoms with Crippen LogP contribution in [0.4, 0.5) is 0 Å². The van der Waals surface area contributed by atoms with Crippen LogP contribution < -0.4 is 4.74 Å². The molecule has 4 nitrogen and oxygen atoms in total. The van der Waals surface area contributed by atoms with E-state index in [1.54, 1.807) is 13.3 Å². The summed E-state index contributed by atoms with van der Waals surface area (Å²) in [6.45, 7) is 0. The van der Waals surface area contributed by atoms with Crippen molar-refractivity contribution in [3.63, 3.8) is 0 Å². The van der Waals surface area contributed by atoms with E-state index in [2.05, 4.69) is 10.1 Å². The van der Waals surface area contributed by atoms with Crippen LogP contribution >= 0.6 is 0 Å². The monoisotopic (exact) mass is 252 g/mol. The van der Waals surface area contributed by atoms with Crippen LogP contribution in [0.15, 0.2) is 59.3 Å².